The van der Waals surface area contributed by atoms with Crippen LogP contribution in [0.3, 0.4) is 0 Å². The molecule has 0 amide bonds. The van der Waals surface area contributed by atoms with Crippen molar-refractivity contribution in [3.05, 3.63) is 11.7 Å². The molecule has 0 aromatic carbocycles. The Labute approximate surface area is 119 Å². The Hall–Kier alpha value is -0.940. The van der Waals surface area contributed by atoms with Gasteiger partial charge >= 0.3 is 0 Å². The van der Waals surface area contributed by atoms with E-state index in [1.54, 1.807) is 0 Å². The Morgan fingerprint density at radius 3 is 2.70 bits per heavy atom. The number of nitrogens with zero attached hydrogens (tertiary/aromatic N) is 2. The Bertz CT molecular complexity index is 444. The van der Waals surface area contributed by atoms with Crippen LogP contribution in [0.25, 0.3) is 0 Å². The summed E-state index contributed by atoms with van der Waals surface area (Å²) in [6, 6.07) is 1.46. The molecular weight excluding hydrogens is 254 g/mol. The van der Waals surface area contributed by atoms with Crippen molar-refractivity contribution >= 4 is 0 Å². The normalized spacial score (nSPS) is 36.6. The van der Waals surface area contributed by atoms with Crippen LogP contribution >= 0.6 is 0 Å². The molecule has 5 nitrogen and oxygen atoms in total. The zero-order chi connectivity index (χ0) is 13.4. The van der Waals surface area contributed by atoms with Gasteiger partial charge in [0.2, 0.25) is 5.89 Å². The van der Waals surface area contributed by atoms with Gasteiger partial charge in [0.05, 0.1) is 6.10 Å². The van der Waals surface area contributed by atoms with Gasteiger partial charge in [-0.1, -0.05) is 5.16 Å². The summed E-state index contributed by atoms with van der Waals surface area (Å²) in [5, 5.41) is 7.79. The van der Waals surface area contributed by atoms with Crippen molar-refractivity contribution in [2.24, 2.45) is 5.92 Å². The first-order chi connectivity index (χ1) is 9.85. The van der Waals surface area contributed by atoms with E-state index in [1.807, 2.05) is 0 Å². The molecule has 0 saturated carbocycles. The Balaban J connectivity index is 1.33. The Kier molecular flexibility index (Phi) is 3.48. The van der Waals surface area contributed by atoms with E-state index in [0.29, 0.717) is 12.0 Å². The van der Waals surface area contributed by atoms with E-state index in [2.05, 4.69) is 15.5 Å². The third kappa shape index (κ3) is 2.74. The van der Waals surface area contributed by atoms with E-state index in [-0.39, 0.29) is 0 Å². The Morgan fingerprint density at radius 2 is 1.95 bits per heavy atom. The molecule has 3 atom stereocenters. The zero-order valence-electron chi connectivity index (χ0n) is 11.9. The first kappa shape index (κ1) is 12.8. The van der Waals surface area contributed by atoms with Crippen molar-refractivity contribution in [3.8, 4) is 0 Å². The van der Waals surface area contributed by atoms with Gasteiger partial charge in [0.15, 0.2) is 5.82 Å². The average molecular weight is 277 g/mol. The maximum atomic E-state index is 5.62. The van der Waals surface area contributed by atoms with E-state index >= 15 is 0 Å². The number of piperidine rings is 1. The third-order valence-electron chi connectivity index (χ3n) is 4.98. The molecule has 1 N–H and O–H groups in total. The lowest BCUT2D eigenvalue weighted by atomic mass is 9.90. The molecule has 1 aromatic heterocycles. The van der Waals surface area contributed by atoms with Crippen LogP contribution < -0.4 is 5.32 Å². The van der Waals surface area contributed by atoms with Gasteiger partial charge in [-0.3, -0.25) is 0 Å². The minimum atomic E-state index is 0.301. The molecule has 0 radical (unpaired) electrons. The van der Waals surface area contributed by atoms with Crippen LogP contribution in [0.5, 0.6) is 0 Å². The molecule has 3 aliphatic heterocycles. The first-order valence-electron chi connectivity index (χ1n) is 8.04. The molecule has 3 saturated heterocycles. The van der Waals surface area contributed by atoms with Crippen LogP contribution in [0.2, 0.25) is 0 Å². The molecule has 20 heavy (non-hydrogen) atoms. The molecule has 4 rings (SSSR count). The molecule has 2 bridgehead atoms. The zero-order valence-corrected chi connectivity index (χ0v) is 11.9. The lowest BCUT2D eigenvalue weighted by Gasteiger charge is -2.28. The number of fused-ring (bicyclic) bond motifs is 2. The predicted molar refractivity (Wildman–Crippen MR) is 73.3 cm³/mol. The van der Waals surface area contributed by atoms with Gasteiger partial charge in [-0.15, -0.1) is 0 Å². The van der Waals surface area contributed by atoms with Crippen LogP contribution in [0, 0.1) is 5.92 Å². The molecule has 3 fully saturated rings. The summed E-state index contributed by atoms with van der Waals surface area (Å²) in [7, 11) is 0. The molecule has 4 heterocycles. The highest BCUT2D eigenvalue weighted by Gasteiger charge is 2.34. The van der Waals surface area contributed by atoms with E-state index in [0.717, 1.165) is 56.1 Å². The fourth-order valence-electron chi connectivity index (χ4n) is 4.05. The van der Waals surface area contributed by atoms with E-state index in [9.17, 15) is 0 Å². The fourth-order valence-corrected chi connectivity index (χ4v) is 4.05. The van der Waals surface area contributed by atoms with Gasteiger partial charge in [0.1, 0.15) is 0 Å². The topological polar surface area (TPSA) is 60.2 Å². The van der Waals surface area contributed by atoms with Crippen molar-refractivity contribution in [2.75, 3.05) is 6.61 Å². The van der Waals surface area contributed by atoms with Crippen LogP contribution in [0.4, 0.5) is 0 Å². The summed E-state index contributed by atoms with van der Waals surface area (Å²) in [6.07, 6.45) is 9.56. The molecule has 5 heteroatoms. The van der Waals surface area contributed by atoms with Gasteiger partial charge in [-0.25, -0.2) is 0 Å². The van der Waals surface area contributed by atoms with Gasteiger partial charge in [0, 0.05) is 31.5 Å². The second-order valence-corrected chi connectivity index (χ2v) is 6.62. The molecule has 0 aliphatic carbocycles. The minimum Gasteiger partial charge on any atom is -0.378 e. The molecule has 1 aromatic rings. The first-order valence-corrected chi connectivity index (χ1v) is 8.04. The van der Waals surface area contributed by atoms with Gasteiger partial charge < -0.3 is 14.6 Å². The van der Waals surface area contributed by atoms with Crippen molar-refractivity contribution in [1.82, 2.24) is 15.5 Å². The quantitative estimate of drug-likeness (QED) is 0.910. The SMILES string of the molecule is C1COC(Cc2noc(CC3CC4CCC(C3)N4)n2)C1. The number of hydrogen-bond acceptors (Lipinski definition) is 5. The standard InChI is InChI=1S/C15H23N3O2/c1-2-13(19-5-1)9-14-17-15(20-18-14)8-10-6-11-3-4-12(7-10)16-11/h10-13,16H,1-9H2. The molecule has 3 unspecified atom stereocenters. The van der Waals surface area contributed by atoms with E-state index in [4.69, 9.17) is 9.26 Å². The maximum absolute atomic E-state index is 5.62. The average Bonchev–Trinajstić information content (AvgIpc) is 3.14. The second kappa shape index (κ2) is 5.45. The smallest absolute Gasteiger partial charge is 0.226 e. The van der Waals surface area contributed by atoms with Crippen LogP contribution in [0.1, 0.15) is 50.2 Å². The number of ether oxygens (including phenoxy) is 1. The number of rotatable bonds is 4. The van der Waals surface area contributed by atoms with Crippen LogP contribution in [-0.2, 0) is 17.6 Å². The highest BCUT2D eigenvalue weighted by Crippen LogP contribution is 2.32. The summed E-state index contributed by atoms with van der Waals surface area (Å²) in [4.78, 5) is 4.56. The number of aromatic nitrogens is 2. The highest BCUT2D eigenvalue weighted by molar-refractivity contribution is 4.96. The highest BCUT2D eigenvalue weighted by atomic mass is 16.5. The Morgan fingerprint density at radius 1 is 1.10 bits per heavy atom. The van der Waals surface area contributed by atoms with E-state index in [1.165, 1.54) is 25.7 Å². The summed E-state index contributed by atoms with van der Waals surface area (Å²) in [6.45, 7) is 0.882. The lowest BCUT2D eigenvalue weighted by molar-refractivity contribution is 0.109. The third-order valence-corrected chi connectivity index (χ3v) is 4.98. The van der Waals surface area contributed by atoms with Crippen molar-refractivity contribution in [1.29, 1.82) is 0 Å². The minimum absolute atomic E-state index is 0.301. The largest absolute Gasteiger partial charge is 0.378 e. The number of nitrogens with one attached hydrogen (secondary N) is 1. The lowest BCUT2D eigenvalue weighted by Crippen LogP contribution is -2.38. The fraction of sp³-hybridized carbons (Fsp3) is 0.867. The van der Waals surface area contributed by atoms with Crippen LogP contribution in [-0.4, -0.2) is 34.9 Å². The predicted octanol–water partition coefficient (Wildman–Crippen LogP) is 1.86. The molecule has 3 aliphatic rings. The van der Waals surface area contributed by atoms with Gasteiger partial charge in [-0.2, -0.15) is 4.98 Å². The second-order valence-electron chi connectivity index (χ2n) is 6.62. The summed E-state index contributed by atoms with van der Waals surface area (Å²) in [5.74, 6) is 2.36. The van der Waals surface area contributed by atoms with Gasteiger partial charge in [-0.05, 0) is 44.4 Å². The van der Waals surface area contributed by atoms with Gasteiger partial charge in [0.25, 0.3) is 0 Å². The van der Waals surface area contributed by atoms with Crippen molar-refractivity contribution in [3.63, 3.8) is 0 Å². The molecule has 110 valence electrons. The summed E-state index contributed by atoms with van der Waals surface area (Å²) in [5.41, 5.74) is 0. The van der Waals surface area contributed by atoms with E-state index < -0.39 is 0 Å². The number of hydrogen-bond donors (Lipinski definition) is 1. The van der Waals surface area contributed by atoms with Crippen molar-refractivity contribution in [2.45, 2.75) is 69.6 Å². The summed E-state index contributed by atoms with van der Waals surface area (Å²) >= 11 is 0. The van der Waals surface area contributed by atoms with Crippen molar-refractivity contribution < 1.29 is 9.26 Å². The van der Waals surface area contributed by atoms with Crippen LogP contribution in [0.15, 0.2) is 4.52 Å². The maximum Gasteiger partial charge on any atom is 0.226 e. The monoisotopic (exact) mass is 277 g/mol. The molecular formula is C15H23N3O2. The molecule has 0 spiro atoms. The summed E-state index contributed by atoms with van der Waals surface area (Å²) < 4.78 is 11.1.